The number of benzene rings is 1. The van der Waals surface area contributed by atoms with Crippen molar-refractivity contribution in [3.05, 3.63) is 29.3 Å². The Bertz CT molecular complexity index is 777. The van der Waals surface area contributed by atoms with Crippen LogP contribution in [0, 0.1) is 0 Å². The molecule has 2 saturated heterocycles. The van der Waals surface area contributed by atoms with Crippen LogP contribution in [0.4, 0.5) is 0 Å². The lowest BCUT2D eigenvalue weighted by atomic mass is 10.1. The molecule has 4 rings (SSSR count). The van der Waals surface area contributed by atoms with Crippen molar-refractivity contribution in [3.63, 3.8) is 0 Å². The van der Waals surface area contributed by atoms with E-state index in [2.05, 4.69) is 0 Å². The van der Waals surface area contributed by atoms with E-state index in [4.69, 9.17) is 4.74 Å². The zero-order chi connectivity index (χ0) is 16.9. The SMILES string of the molecule is CO[C@H]1C[C@H]2CN(S(=O)(=O)c3ccc4c(c3)CCC4)CC(=O)N2C1. The summed E-state index contributed by atoms with van der Waals surface area (Å²) in [6, 6.07) is 5.31. The summed E-state index contributed by atoms with van der Waals surface area (Å²) >= 11 is 0. The van der Waals surface area contributed by atoms with Crippen molar-refractivity contribution in [1.29, 1.82) is 0 Å². The summed E-state index contributed by atoms with van der Waals surface area (Å²) < 4.78 is 32.7. The Hall–Kier alpha value is -1.44. The van der Waals surface area contributed by atoms with E-state index in [0.29, 0.717) is 24.4 Å². The maximum absolute atomic E-state index is 13.0. The third-order valence-corrected chi connectivity index (χ3v) is 7.27. The lowest BCUT2D eigenvalue weighted by Crippen LogP contribution is -2.55. The van der Waals surface area contributed by atoms with Crippen LogP contribution in [0.15, 0.2) is 23.1 Å². The van der Waals surface area contributed by atoms with Crippen molar-refractivity contribution in [2.75, 3.05) is 26.7 Å². The molecule has 24 heavy (non-hydrogen) atoms. The second kappa shape index (κ2) is 5.82. The van der Waals surface area contributed by atoms with Gasteiger partial charge in [-0.3, -0.25) is 4.79 Å². The standard InChI is InChI=1S/C17H22N2O4S/c1-23-15-8-14-9-18(11-17(20)19(14)10-15)24(21,22)16-6-5-12-3-2-4-13(12)7-16/h5-7,14-15H,2-4,8-11H2,1H3/t14-,15-/m0/s1. The molecular formula is C17H22N2O4S. The summed E-state index contributed by atoms with van der Waals surface area (Å²) in [5.74, 6) is -0.129. The summed E-state index contributed by atoms with van der Waals surface area (Å²) in [7, 11) is -2.00. The molecule has 2 aliphatic heterocycles. The van der Waals surface area contributed by atoms with Crippen LogP contribution < -0.4 is 0 Å². The van der Waals surface area contributed by atoms with E-state index in [9.17, 15) is 13.2 Å². The van der Waals surface area contributed by atoms with Crippen molar-refractivity contribution >= 4 is 15.9 Å². The number of amides is 1. The molecule has 6 nitrogen and oxygen atoms in total. The van der Waals surface area contributed by atoms with Gasteiger partial charge in [-0.1, -0.05) is 6.07 Å². The number of aryl methyl sites for hydroxylation is 2. The minimum absolute atomic E-state index is 0.00148. The number of rotatable bonds is 3. The fourth-order valence-electron chi connectivity index (χ4n) is 4.11. The van der Waals surface area contributed by atoms with E-state index in [1.54, 1.807) is 24.1 Å². The third kappa shape index (κ3) is 2.55. The molecule has 0 unspecified atom stereocenters. The fourth-order valence-corrected chi connectivity index (χ4v) is 5.58. The zero-order valence-corrected chi connectivity index (χ0v) is 14.6. The highest BCUT2D eigenvalue weighted by atomic mass is 32.2. The van der Waals surface area contributed by atoms with Crippen LogP contribution in [0.1, 0.15) is 24.0 Å². The molecule has 7 heteroatoms. The molecule has 1 aromatic carbocycles. The average molecular weight is 350 g/mol. The number of sulfonamides is 1. The number of carbonyl (C=O) groups is 1. The Balaban J connectivity index is 1.60. The van der Waals surface area contributed by atoms with E-state index in [0.717, 1.165) is 24.8 Å². The molecule has 1 amide bonds. The smallest absolute Gasteiger partial charge is 0.243 e. The maximum atomic E-state index is 13.0. The fraction of sp³-hybridized carbons (Fsp3) is 0.588. The Morgan fingerprint density at radius 2 is 1.96 bits per heavy atom. The van der Waals surface area contributed by atoms with Gasteiger partial charge in [-0.15, -0.1) is 0 Å². The van der Waals surface area contributed by atoms with Gasteiger partial charge in [-0.25, -0.2) is 8.42 Å². The van der Waals surface area contributed by atoms with Gasteiger partial charge in [0, 0.05) is 26.2 Å². The van der Waals surface area contributed by atoms with E-state index < -0.39 is 10.0 Å². The van der Waals surface area contributed by atoms with Crippen LogP contribution in [0.3, 0.4) is 0 Å². The van der Waals surface area contributed by atoms with Gasteiger partial charge in [0.05, 0.1) is 17.5 Å². The number of hydrogen-bond donors (Lipinski definition) is 0. The third-order valence-electron chi connectivity index (χ3n) is 5.46. The Labute approximate surface area is 142 Å². The summed E-state index contributed by atoms with van der Waals surface area (Å²) in [6.45, 7) is 0.837. The number of piperazine rings is 1. The molecule has 0 N–H and O–H groups in total. The van der Waals surface area contributed by atoms with Gasteiger partial charge in [0.1, 0.15) is 0 Å². The van der Waals surface area contributed by atoms with Crippen LogP contribution in [-0.4, -0.2) is 62.4 Å². The average Bonchev–Trinajstić information content (AvgIpc) is 3.20. The maximum Gasteiger partial charge on any atom is 0.243 e. The van der Waals surface area contributed by atoms with Crippen LogP contribution in [0.5, 0.6) is 0 Å². The minimum Gasteiger partial charge on any atom is -0.380 e. The quantitative estimate of drug-likeness (QED) is 0.809. The van der Waals surface area contributed by atoms with E-state index in [-0.39, 0.29) is 24.6 Å². The molecule has 0 aromatic heterocycles. The summed E-state index contributed by atoms with van der Waals surface area (Å²) in [5.41, 5.74) is 2.37. The van der Waals surface area contributed by atoms with Crippen molar-refractivity contribution < 1.29 is 17.9 Å². The van der Waals surface area contributed by atoms with E-state index in [1.807, 2.05) is 6.07 Å². The lowest BCUT2D eigenvalue weighted by molar-refractivity contribution is -0.135. The minimum atomic E-state index is -3.63. The Morgan fingerprint density at radius 1 is 1.17 bits per heavy atom. The van der Waals surface area contributed by atoms with Crippen LogP contribution in [-0.2, 0) is 32.4 Å². The Morgan fingerprint density at radius 3 is 2.75 bits per heavy atom. The first-order chi connectivity index (χ1) is 11.5. The van der Waals surface area contributed by atoms with Crippen LogP contribution >= 0.6 is 0 Å². The number of hydrogen-bond acceptors (Lipinski definition) is 4. The first-order valence-corrected chi connectivity index (χ1v) is 9.87. The molecule has 1 aliphatic carbocycles. The summed E-state index contributed by atoms with van der Waals surface area (Å²) in [6.07, 6.45) is 3.73. The van der Waals surface area contributed by atoms with Crippen molar-refractivity contribution in [3.8, 4) is 0 Å². The highest BCUT2D eigenvalue weighted by molar-refractivity contribution is 7.89. The first-order valence-electron chi connectivity index (χ1n) is 8.43. The highest BCUT2D eigenvalue weighted by Gasteiger charge is 2.43. The van der Waals surface area contributed by atoms with E-state index >= 15 is 0 Å². The van der Waals surface area contributed by atoms with Crippen LogP contribution in [0.25, 0.3) is 0 Å². The summed E-state index contributed by atoms with van der Waals surface area (Å²) in [5, 5.41) is 0. The summed E-state index contributed by atoms with van der Waals surface area (Å²) in [4.78, 5) is 14.5. The molecule has 0 bridgehead atoms. The monoisotopic (exact) mass is 350 g/mol. The molecule has 1 aromatic rings. The van der Waals surface area contributed by atoms with Crippen molar-refractivity contribution in [2.24, 2.45) is 0 Å². The largest absolute Gasteiger partial charge is 0.380 e. The van der Waals surface area contributed by atoms with Crippen LogP contribution in [0.2, 0.25) is 0 Å². The molecular weight excluding hydrogens is 328 g/mol. The Kier molecular flexibility index (Phi) is 3.89. The molecule has 2 heterocycles. The molecule has 130 valence electrons. The van der Waals surface area contributed by atoms with Crippen molar-refractivity contribution in [2.45, 2.75) is 42.7 Å². The van der Waals surface area contributed by atoms with Gasteiger partial charge < -0.3 is 9.64 Å². The number of fused-ring (bicyclic) bond motifs is 2. The molecule has 0 spiro atoms. The van der Waals surface area contributed by atoms with Gasteiger partial charge in [-0.05, 0) is 48.9 Å². The second-order valence-corrected chi connectivity index (χ2v) is 8.81. The lowest BCUT2D eigenvalue weighted by Gasteiger charge is -2.36. The first kappa shape index (κ1) is 16.1. The van der Waals surface area contributed by atoms with Gasteiger partial charge in [-0.2, -0.15) is 4.31 Å². The molecule has 2 atom stereocenters. The van der Waals surface area contributed by atoms with Gasteiger partial charge >= 0.3 is 0 Å². The number of carbonyl (C=O) groups excluding carboxylic acids is 1. The number of methoxy groups -OCH3 is 1. The van der Waals surface area contributed by atoms with Gasteiger partial charge in [0.2, 0.25) is 15.9 Å². The topological polar surface area (TPSA) is 66.9 Å². The molecule has 2 fully saturated rings. The predicted molar refractivity (Wildman–Crippen MR) is 88.1 cm³/mol. The predicted octanol–water partition coefficient (Wildman–Crippen LogP) is 0.795. The normalized spacial score (nSPS) is 27.4. The molecule has 0 saturated carbocycles. The highest BCUT2D eigenvalue weighted by Crippen LogP contribution is 2.30. The second-order valence-electron chi connectivity index (χ2n) is 6.87. The molecule has 0 radical (unpaired) electrons. The number of nitrogens with zero attached hydrogens (tertiary/aromatic N) is 2. The van der Waals surface area contributed by atoms with E-state index in [1.165, 1.54) is 9.87 Å². The van der Waals surface area contributed by atoms with Gasteiger partial charge in [0.15, 0.2) is 0 Å². The van der Waals surface area contributed by atoms with Gasteiger partial charge in [0.25, 0.3) is 0 Å². The van der Waals surface area contributed by atoms with Crippen molar-refractivity contribution in [1.82, 2.24) is 9.21 Å². The zero-order valence-electron chi connectivity index (χ0n) is 13.8. The molecule has 3 aliphatic rings. The number of ether oxygens (including phenoxy) is 1.